The molecular weight excluding hydrogens is 522 g/mol. The molecule has 2 aliphatic heterocycles. The average Bonchev–Trinajstić information content (AvgIpc) is 2.94. The minimum atomic E-state index is -0.862. The normalized spacial score (nSPS) is 15.4. The number of nitrogens with zero attached hydrogens (tertiary/aromatic N) is 2. The van der Waals surface area contributed by atoms with Crippen molar-refractivity contribution in [1.29, 1.82) is 0 Å². The number of aliphatic carboxylic acids is 1. The van der Waals surface area contributed by atoms with Crippen LogP contribution in [0.5, 0.6) is 17.4 Å². The van der Waals surface area contributed by atoms with Crippen LogP contribution in [0.1, 0.15) is 40.7 Å². The van der Waals surface area contributed by atoms with Crippen LogP contribution < -0.4 is 19.5 Å². The van der Waals surface area contributed by atoms with Crippen LogP contribution in [0.3, 0.4) is 0 Å². The van der Waals surface area contributed by atoms with E-state index in [2.05, 4.69) is 27.3 Å². The second kappa shape index (κ2) is 13.0. The van der Waals surface area contributed by atoms with Gasteiger partial charge in [0.25, 0.3) is 5.91 Å². The minimum Gasteiger partial charge on any atom is -0.486 e. The first-order valence-corrected chi connectivity index (χ1v) is 13.1. The van der Waals surface area contributed by atoms with Gasteiger partial charge in [-0.1, -0.05) is 12.1 Å². The van der Waals surface area contributed by atoms with Gasteiger partial charge in [0.05, 0.1) is 18.2 Å². The number of carboxylic acids is 1. The summed E-state index contributed by atoms with van der Waals surface area (Å²) >= 11 is 0. The van der Waals surface area contributed by atoms with Gasteiger partial charge in [-0.25, -0.2) is 4.98 Å². The largest absolute Gasteiger partial charge is 0.486 e. The fourth-order valence-corrected chi connectivity index (χ4v) is 5.11. The van der Waals surface area contributed by atoms with Gasteiger partial charge in [0.2, 0.25) is 5.88 Å². The Balaban J connectivity index is 0.00000353. The lowest BCUT2D eigenvalue weighted by molar-refractivity contribution is -0.136. The maximum absolute atomic E-state index is 13.3. The number of halogens is 1. The quantitative estimate of drug-likeness (QED) is 0.409. The van der Waals surface area contributed by atoms with Crippen LogP contribution in [0.25, 0.3) is 10.9 Å². The number of aryl methyl sites for hydroxylation is 1. The summed E-state index contributed by atoms with van der Waals surface area (Å²) in [7, 11) is 1.53. The van der Waals surface area contributed by atoms with E-state index >= 15 is 0 Å². The molecule has 2 aromatic carbocycles. The first-order valence-electron chi connectivity index (χ1n) is 13.1. The number of piperidine rings is 1. The van der Waals surface area contributed by atoms with Crippen molar-refractivity contribution in [2.45, 2.75) is 38.1 Å². The number of rotatable bonds is 9. The van der Waals surface area contributed by atoms with E-state index in [-0.39, 0.29) is 30.8 Å². The predicted octanol–water partition coefficient (Wildman–Crippen LogP) is 3.89. The third-order valence-electron chi connectivity index (χ3n) is 7.23. The van der Waals surface area contributed by atoms with Gasteiger partial charge in [-0.3, -0.25) is 9.59 Å². The third kappa shape index (κ3) is 6.91. The standard InChI is InChI=1S/C29H33N3O6.ClH/c1-36-26-8-6-22-20(4-9-27(33)34)3-5-23(28(22)31-26)29(35)30-21-11-14-32(15-12-21)13-10-19-2-7-24-25(18-19)38-17-16-37-24;/h2-3,5-8,18,21H,4,9-17H2,1H3,(H,30,35)(H,33,34);1H. The van der Waals surface area contributed by atoms with E-state index in [9.17, 15) is 9.59 Å². The summed E-state index contributed by atoms with van der Waals surface area (Å²) in [6.07, 6.45) is 3.06. The molecule has 3 heterocycles. The molecular formula is C29H34ClN3O6. The molecule has 0 atom stereocenters. The lowest BCUT2D eigenvalue weighted by Crippen LogP contribution is -2.45. The molecule has 39 heavy (non-hydrogen) atoms. The summed E-state index contributed by atoms with van der Waals surface area (Å²) in [6, 6.07) is 13.4. The Hall–Kier alpha value is -3.56. The number of fused-ring (bicyclic) bond motifs is 2. The van der Waals surface area contributed by atoms with Gasteiger partial charge in [-0.15, -0.1) is 12.4 Å². The van der Waals surface area contributed by atoms with Gasteiger partial charge in [-0.05, 0) is 61.1 Å². The Bertz CT molecular complexity index is 1330. The smallest absolute Gasteiger partial charge is 0.303 e. The molecule has 1 amide bonds. The molecule has 0 bridgehead atoms. The lowest BCUT2D eigenvalue weighted by atomic mass is 9.99. The average molecular weight is 556 g/mol. The highest BCUT2D eigenvalue weighted by Crippen LogP contribution is 2.31. The first kappa shape index (κ1) is 28.4. The maximum atomic E-state index is 13.3. The summed E-state index contributed by atoms with van der Waals surface area (Å²) in [4.78, 5) is 31.3. The zero-order valence-electron chi connectivity index (χ0n) is 22.0. The number of likely N-dealkylation sites (tertiary alicyclic amines) is 1. The van der Waals surface area contributed by atoms with E-state index < -0.39 is 5.97 Å². The Morgan fingerprint density at radius 1 is 1.05 bits per heavy atom. The molecule has 9 nitrogen and oxygen atoms in total. The Kier molecular flexibility index (Phi) is 9.48. The van der Waals surface area contributed by atoms with Gasteiger partial charge < -0.3 is 29.5 Å². The Morgan fingerprint density at radius 2 is 1.82 bits per heavy atom. The van der Waals surface area contributed by atoms with Crippen LogP contribution in [-0.2, 0) is 17.6 Å². The summed E-state index contributed by atoms with van der Waals surface area (Å²) in [6.45, 7) is 3.96. The zero-order valence-corrected chi connectivity index (χ0v) is 22.8. The fourth-order valence-electron chi connectivity index (χ4n) is 5.11. The maximum Gasteiger partial charge on any atom is 0.303 e. The summed E-state index contributed by atoms with van der Waals surface area (Å²) in [5.74, 6) is 1.01. The molecule has 10 heteroatoms. The van der Waals surface area contributed by atoms with E-state index in [1.165, 1.54) is 12.7 Å². The topological polar surface area (TPSA) is 110 Å². The second-order valence-corrected chi connectivity index (χ2v) is 9.73. The van der Waals surface area contributed by atoms with E-state index in [4.69, 9.17) is 19.3 Å². The van der Waals surface area contributed by atoms with Crippen LogP contribution in [0.2, 0.25) is 0 Å². The molecule has 208 valence electrons. The summed E-state index contributed by atoms with van der Waals surface area (Å²) < 4.78 is 16.6. The van der Waals surface area contributed by atoms with Gasteiger partial charge in [0, 0.05) is 43.5 Å². The van der Waals surface area contributed by atoms with E-state index in [1.54, 1.807) is 12.1 Å². The second-order valence-electron chi connectivity index (χ2n) is 9.73. The predicted molar refractivity (Wildman–Crippen MR) is 150 cm³/mol. The number of nitrogens with one attached hydrogen (secondary N) is 1. The number of pyridine rings is 1. The fraction of sp³-hybridized carbons (Fsp3) is 0.414. The zero-order chi connectivity index (χ0) is 26.5. The first-order chi connectivity index (χ1) is 18.5. The van der Waals surface area contributed by atoms with Crippen LogP contribution in [-0.4, -0.2) is 72.9 Å². The van der Waals surface area contributed by atoms with Crippen molar-refractivity contribution in [2.24, 2.45) is 0 Å². The van der Waals surface area contributed by atoms with E-state index in [0.29, 0.717) is 36.6 Å². The number of hydrogen-bond donors (Lipinski definition) is 2. The molecule has 1 saturated heterocycles. The number of carbonyl (C=O) groups is 2. The van der Waals surface area contributed by atoms with Crippen molar-refractivity contribution in [2.75, 3.05) is 40.0 Å². The van der Waals surface area contributed by atoms with Crippen LogP contribution in [0.15, 0.2) is 42.5 Å². The molecule has 3 aromatic rings. The monoisotopic (exact) mass is 555 g/mol. The molecule has 0 unspecified atom stereocenters. The van der Waals surface area contributed by atoms with Crippen molar-refractivity contribution < 1.29 is 28.9 Å². The molecule has 5 rings (SSSR count). The molecule has 0 saturated carbocycles. The van der Waals surface area contributed by atoms with Gasteiger partial charge in [-0.2, -0.15) is 0 Å². The van der Waals surface area contributed by atoms with Gasteiger partial charge in [0.15, 0.2) is 11.5 Å². The number of ether oxygens (including phenoxy) is 3. The molecule has 0 radical (unpaired) electrons. The van der Waals surface area contributed by atoms with Crippen molar-refractivity contribution in [3.05, 3.63) is 59.2 Å². The van der Waals surface area contributed by atoms with Crippen molar-refractivity contribution in [1.82, 2.24) is 15.2 Å². The number of carbonyl (C=O) groups excluding carboxylic acids is 1. The van der Waals surface area contributed by atoms with Gasteiger partial charge >= 0.3 is 5.97 Å². The highest BCUT2D eigenvalue weighted by atomic mass is 35.5. The number of amides is 1. The molecule has 1 aromatic heterocycles. The number of hydrogen-bond acceptors (Lipinski definition) is 7. The SMILES string of the molecule is COc1ccc2c(CCC(=O)O)ccc(C(=O)NC3CCN(CCc4ccc5c(c4)OCCO5)CC3)c2n1.Cl. The number of carboxylic acid groups (broad SMARTS) is 1. The highest BCUT2D eigenvalue weighted by Gasteiger charge is 2.23. The molecule has 0 spiro atoms. The van der Waals surface area contributed by atoms with E-state index in [0.717, 1.165) is 61.3 Å². The van der Waals surface area contributed by atoms with E-state index in [1.807, 2.05) is 18.2 Å². The number of benzene rings is 2. The Morgan fingerprint density at radius 3 is 2.56 bits per heavy atom. The van der Waals surface area contributed by atoms with Crippen LogP contribution in [0.4, 0.5) is 0 Å². The van der Waals surface area contributed by atoms with Gasteiger partial charge in [0.1, 0.15) is 13.2 Å². The van der Waals surface area contributed by atoms with Crippen molar-refractivity contribution in [3.63, 3.8) is 0 Å². The Labute approximate surface area is 233 Å². The van der Waals surface area contributed by atoms with Crippen LogP contribution >= 0.6 is 12.4 Å². The molecule has 2 N–H and O–H groups in total. The minimum absolute atomic E-state index is 0. The lowest BCUT2D eigenvalue weighted by Gasteiger charge is -2.32. The van der Waals surface area contributed by atoms with Crippen LogP contribution in [0, 0.1) is 0 Å². The van der Waals surface area contributed by atoms with Crippen molar-refractivity contribution in [3.8, 4) is 17.4 Å². The molecule has 0 aliphatic carbocycles. The summed E-state index contributed by atoms with van der Waals surface area (Å²) in [5, 5.41) is 13.1. The summed E-state index contributed by atoms with van der Waals surface area (Å²) in [5.41, 5.74) is 3.08. The number of aromatic nitrogens is 1. The highest BCUT2D eigenvalue weighted by molar-refractivity contribution is 6.06. The number of methoxy groups -OCH3 is 1. The molecule has 1 fully saturated rings. The third-order valence-corrected chi connectivity index (χ3v) is 7.23. The van der Waals surface area contributed by atoms with Crippen molar-refractivity contribution >= 4 is 35.2 Å². The molecule has 2 aliphatic rings.